The average Bonchev–Trinajstić information content (AvgIpc) is 3.76. The Morgan fingerprint density at radius 1 is 1.00 bits per heavy atom. The van der Waals surface area contributed by atoms with E-state index in [1.807, 2.05) is 32.1 Å². The Balaban J connectivity index is 0.00000417. The van der Waals surface area contributed by atoms with E-state index in [1.54, 1.807) is 0 Å². The number of hydrogen-bond acceptors (Lipinski definition) is 5. The number of nitrogens with zero attached hydrogens (tertiary/aromatic N) is 4. The standard InChI is InChI=1S/C36H39N4O5.Mg/c1-9-20-16(3)23-13-25-18(5)22(11-12-29(41)44-7)33(39-25)31-32(36(43)45-8)35(42)30-19(6)26(40-34(30)31)15-28-21(10-2)17(4)24(38-28)14-27(20)37-23;/h9,14-15,18,22,25,32H,1,10-13H2,2-8H3,(H-,39,40,42);/q-3;+2/p-1/b24-14-,28-15-;/t18-,22-,25?,32+;/m0./s1. The van der Waals surface area contributed by atoms with E-state index in [0.717, 1.165) is 50.8 Å². The zero-order chi connectivity index (χ0) is 32.3. The first-order valence-electron chi connectivity index (χ1n) is 15.5. The number of methoxy groups -OCH3 is 2. The van der Waals surface area contributed by atoms with Gasteiger partial charge in [0.2, 0.25) is 0 Å². The van der Waals surface area contributed by atoms with Gasteiger partial charge in [-0.15, -0.1) is 33.8 Å². The first kappa shape index (κ1) is 33.6. The van der Waals surface area contributed by atoms with Crippen molar-refractivity contribution in [1.82, 2.24) is 15.0 Å². The molecule has 4 atom stereocenters. The van der Waals surface area contributed by atoms with Crippen molar-refractivity contribution >= 4 is 64.6 Å². The maximum atomic E-state index is 14.0. The van der Waals surface area contributed by atoms with Gasteiger partial charge < -0.3 is 29.7 Å². The Morgan fingerprint density at radius 3 is 2.37 bits per heavy atom. The third-order valence-corrected chi connectivity index (χ3v) is 10.0. The molecule has 0 amide bonds. The number of fused-ring (bicyclic) bond motifs is 7. The predicted molar refractivity (Wildman–Crippen MR) is 177 cm³/mol. The van der Waals surface area contributed by atoms with E-state index in [-0.39, 0.29) is 59.1 Å². The van der Waals surface area contributed by atoms with Gasteiger partial charge in [0.25, 0.3) is 0 Å². The molecule has 0 spiro atoms. The Kier molecular flexibility index (Phi) is 9.34. The Labute approximate surface area is 285 Å². The van der Waals surface area contributed by atoms with Gasteiger partial charge in [-0.2, -0.15) is 11.4 Å². The van der Waals surface area contributed by atoms with Gasteiger partial charge in [0.05, 0.1) is 14.2 Å². The van der Waals surface area contributed by atoms with E-state index in [0.29, 0.717) is 46.6 Å². The van der Waals surface area contributed by atoms with Gasteiger partial charge in [-0.25, -0.2) is 0 Å². The summed E-state index contributed by atoms with van der Waals surface area (Å²) in [5.41, 5.74) is 9.21. The second-order valence-electron chi connectivity index (χ2n) is 12.3. The van der Waals surface area contributed by atoms with Crippen molar-refractivity contribution in [3.05, 3.63) is 84.4 Å². The summed E-state index contributed by atoms with van der Waals surface area (Å²) < 4.78 is 10.1. The molecule has 1 saturated heterocycles. The van der Waals surface area contributed by atoms with Crippen LogP contribution in [0.2, 0.25) is 0 Å². The zero-order valence-electron chi connectivity index (χ0n) is 27.6. The van der Waals surface area contributed by atoms with E-state index in [4.69, 9.17) is 29.7 Å². The van der Waals surface area contributed by atoms with Crippen LogP contribution in [0, 0.1) is 38.5 Å². The molecule has 3 aromatic rings. The van der Waals surface area contributed by atoms with Gasteiger partial charge in [0.15, 0.2) is 5.78 Å². The van der Waals surface area contributed by atoms with Crippen molar-refractivity contribution in [1.29, 1.82) is 0 Å². The molecule has 6 rings (SSSR count). The van der Waals surface area contributed by atoms with E-state index in [2.05, 4.69) is 27.4 Å². The summed E-state index contributed by atoms with van der Waals surface area (Å²) in [6, 6.07) is -0.209. The van der Waals surface area contributed by atoms with Crippen molar-refractivity contribution in [2.75, 3.05) is 14.2 Å². The van der Waals surface area contributed by atoms with Crippen LogP contribution in [0.3, 0.4) is 0 Å². The Hall–Kier alpha value is -3.76. The first-order valence-corrected chi connectivity index (χ1v) is 15.5. The van der Waals surface area contributed by atoms with Crippen molar-refractivity contribution < 1.29 is 23.9 Å². The van der Waals surface area contributed by atoms with Crippen LogP contribution in [0.4, 0.5) is 0 Å². The maximum absolute atomic E-state index is 14.0. The minimum atomic E-state index is -1.17. The second kappa shape index (κ2) is 12.8. The van der Waals surface area contributed by atoms with Crippen LogP contribution in [-0.4, -0.2) is 61.0 Å². The minimum Gasteiger partial charge on any atom is -0.684 e. The molecule has 0 aromatic carbocycles. The Morgan fingerprint density at radius 2 is 1.72 bits per heavy atom. The SMILES string of the molecule is C=Cc1c2[n-]c(c1C)CC1[N-]/C(=C3\c4[n-]c(c(C)c4C(=O)[C@@H]3C(=O)OC)/C=c3\[n-]/c(c(C)c3CC)=C\2)[C@@H](CCC(=O)OC)[C@@H]1C.[Mg+2]. The summed E-state index contributed by atoms with van der Waals surface area (Å²) in [5.74, 6) is -2.72. The molecule has 236 valence electrons. The fourth-order valence-electron chi connectivity index (χ4n) is 7.41. The molecule has 1 aliphatic carbocycles. The molecule has 9 nitrogen and oxygen atoms in total. The Bertz CT molecular complexity index is 1920. The number of esters is 2. The quantitative estimate of drug-likeness (QED) is 0.231. The monoisotopic (exact) mass is 630 g/mol. The van der Waals surface area contributed by atoms with Crippen LogP contribution in [0.5, 0.6) is 0 Å². The summed E-state index contributed by atoms with van der Waals surface area (Å²) in [5, 5.41) is 6.87. The molecular formula is C36H38MgN4O5-2. The molecule has 1 unspecified atom stereocenters. The minimum absolute atomic E-state index is 0. The van der Waals surface area contributed by atoms with Crippen molar-refractivity contribution in [3.8, 4) is 0 Å². The van der Waals surface area contributed by atoms with E-state index in [1.165, 1.54) is 14.2 Å². The summed E-state index contributed by atoms with van der Waals surface area (Å²) >= 11 is 0. The molecule has 0 saturated carbocycles. The van der Waals surface area contributed by atoms with Crippen LogP contribution >= 0.6 is 0 Å². The van der Waals surface area contributed by atoms with Gasteiger partial charge in [-0.1, -0.05) is 78.8 Å². The van der Waals surface area contributed by atoms with E-state index < -0.39 is 11.9 Å². The molecule has 46 heavy (non-hydrogen) atoms. The van der Waals surface area contributed by atoms with Gasteiger partial charge >= 0.3 is 35.0 Å². The second-order valence-corrected chi connectivity index (χ2v) is 12.3. The summed E-state index contributed by atoms with van der Waals surface area (Å²) in [6.45, 7) is 14.3. The van der Waals surface area contributed by atoms with Crippen molar-refractivity contribution in [2.24, 2.45) is 17.8 Å². The van der Waals surface area contributed by atoms with Crippen molar-refractivity contribution in [3.63, 3.8) is 0 Å². The number of ether oxygens (including phenoxy) is 2. The number of Topliss-reactive ketones (excluding diaryl/α,β-unsaturated/α-hetero) is 1. The number of allylic oxidation sites excluding steroid dienone is 1. The maximum Gasteiger partial charge on any atom is 2.00 e. The number of aromatic nitrogens is 3. The van der Waals surface area contributed by atoms with Crippen LogP contribution in [-0.2, 0) is 31.9 Å². The van der Waals surface area contributed by atoms with Crippen LogP contribution in [0.15, 0.2) is 12.3 Å². The number of rotatable bonds is 6. The number of hydrogen-bond donors (Lipinski definition) is 0. The molecule has 0 radical (unpaired) electrons. The van der Waals surface area contributed by atoms with Crippen LogP contribution in [0.25, 0.3) is 29.1 Å². The number of ketones is 1. The molecule has 8 bridgehead atoms. The molecule has 2 aliphatic heterocycles. The average molecular weight is 631 g/mol. The van der Waals surface area contributed by atoms with Gasteiger partial charge in [-0.3, -0.25) is 14.4 Å². The van der Waals surface area contributed by atoms with Crippen molar-refractivity contribution in [2.45, 2.75) is 66.3 Å². The summed E-state index contributed by atoms with van der Waals surface area (Å²) in [6.07, 6.45) is 7.74. The molecule has 3 aromatic heterocycles. The normalized spacial score (nSPS) is 24.3. The van der Waals surface area contributed by atoms with Gasteiger partial charge in [-0.05, 0) is 45.1 Å². The first-order chi connectivity index (χ1) is 21.5. The summed E-state index contributed by atoms with van der Waals surface area (Å²) in [7, 11) is 2.66. The van der Waals surface area contributed by atoms with E-state index in [9.17, 15) is 14.4 Å². The molecule has 10 heteroatoms. The van der Waals surface area contributed by atoms with E-state index >= 15 is 0 Å². The summed E-state index contributed by atoms with van der Waals surface area (Å²) in [4.78, 5) is 54.7. The number of carbonyl (C=O) groups is 3. The molecule has 1 fully saturated rings. The largest absolute Gasteiger partial charge is 2.00 e. The zero-order valence-corrected chi connectivity index (χ0v) is 29.0. The van der Waals surface area contributed by atoms with Gasteiger partial charge in [0.1, 0.15) is 5.92 Å². The third-order valence-electron chi connectivity index (χ3n) is 10.0. The molecule has 5 heterocycles. The molecule has 0 N–H and O–H groups in total. The predicted octanol–water partition coefficient (Wildman–Crippen LogP) is 3.18. The smallest absolute Gasteiger partial charge is 0.684 e. The topological polar surface area (TPSA) is 126 Å². The van der Waals surface area contributed by atoms with Crippen LogP contribution in [0.1, 0.15) is 87.6 Å². The molecule has 3 aliphatic rings. The third kappa shape index (κ3) is 5.19. The van der Waals surface area contributed by atoms with Gasteiger partial charge in [0, 0.05) is 12.0 Å². The number of carbonyl (C=O) groups excluding carboxylic acids is 3. The fourth-order valence-corrected chi connectivity index (χ4v) is 7.41. The van der Waals surface area contributed by atoms with Crippen LogP contribution < -0.4 is 25.7 Å². The fraction of sp³-hybridized carbons (Fsp3) is 0.417. The molecular weight excluding hydrogens is 593 g/mol.